The van der Waals surface area contributed by atoms with E-state index in [2.05, 4.69) is 36.1 Å². The average molecular weight is 480 g/mol. The van der Waals surface area contributed by atoms with Crippen molar-refractivity contribution in [3.63, 3.8) is 0 Å². The van der Waals surface area contributed by atoms with E-state index in [1.54, 1.807) is 24.4 Å². The molecular formula is C24H32F3N5O2. The molecule has 1 atom stereocenters. The Labute approximate surface area is 197 Å². The summed E-state index contributed by atoms with van der Waals surface area (Å²) in [6.45, 7) is 9.57. The molecule has 1 amide bonds. The summed E-state index contributed by atoms with van der Waals surface area (Å²) >= 11 is 0. The Kier molecular flexibility index (Phi) is 6.29. The van der Waals surface area contributed by atoms with Crippen LogP contribution in [0.25, 0.3) is 5.82 Å². The monoisotopic (exact) mass is 479 g/mol. The van der Waals surface area contributed by atoms with E-state index < -0.39 is 11.6 Å². The Morgan fingerprint density at radius 3 is 2.59 bits per heavy atom. The highest BCUT2D eigenvalue weighted by atomic mass is 19.4. The first-order valence-electron chi connectivity index (χ1n) is 11.8. The molecule has 0 aromatic carbocycles. The number of nitrogens with zero attached hydrogens (tertiary/aromatic N) is 4. The summed E-state index contributed by atoms with van der Waals surface area (Å²) in [5.74, 6) is 1.61. The second-order valence-corrected chi connectivity index (χ2v) is 10.1. The second-order valence-electron chi connectivity index (χ2n) is 10.1. The molecule has 34 heavy (non-hydrogen) atoms. The molecule has 186 valence electrons. The minimum atomic E-state index is -4.19. The number of halogens is 3. The lowest BCUT2D eigenvalue weighted by molar-refractivity contribution is -0.190. The normalized spacial score (nSPS) is 20.9. The van der Waals surface area contributed by atoms with Gasteiger partial charge in [0.2, 0.25) is 5.88 Å². The van der Waals surface area contributed by atoms with Crippen LogP contribution >= 0.6 is 0 Å². The second kappa shape index (κ2) is 8.78. The van der Waals surface area contributed by atoms with Crippen molar-refractivity contribution in [1.82, 2.24) is 20.1 Å². The molecule has 1 N–H and O–H groups in total. The third kappa shape index (κ3) is 4.72. The lowest BCUT2D eigenvalue weighted by atomic mass is 9.97. The van der Waals surface area contributed by atoms with E-state index in [4.69, 9.17) is 9.72 Å². The van der Waals surface area contributed by atoms with Crippen LogP contribution < -0.4 is 15.0 Å². The van der Waals surface area contributed by atoms with Gasteiger partial charge in [0, 0.05) is 30.9 Å². The standard InChI is InChI=1S/C24H32F3N5O2/c1-5-28-21(33)17-6-7-18(29-20(17)31-15-16(2)14-22(31,3)4)32-12-8-19(30-32)34-13-11-23(9-10-23)24(25,26)27/h6-8,12,16H,5,9-11,13-15H2,1-4H3,(H,28,33). The molecule has 1 aliphatic carbocycles. The Morgan fingerprint density at radius 2 is 2.00 bits per heavy atom. The van der Waals surface area contributed by atoms with E-state index in [9.17, 15) is 18.0 Å². The van der Waals surface area contributed by atoms with E-state index in [0.29, 0.717) is 29.7 Å². The largest absolute Gasteiger partial charge is 0.477 e. The van der Waals surface area contributed by atoms with Gasteiger partial charge in [0.25, 0.3) is 5.91 Å². The zero-order valence-corrected chi connectivity index (χ0v) is 20.1. The van der Waals surface area contributed by atoms with Crippen LogP contribution in [0.15, 0.2) is 24.4 Å². The zero-order chi connectivity index (χ0) is 24.7. The Morgan fingerprint density at radius 1 is 1.26 bits per heavy atom. The molecule has 2 fully saturated rings. The highest BCUT2D eigenvalue weighted by molar-refractivity contribution is 5.99. The van der Waals surface area contributed by atoms with Crippen LogP contribution in [0.4, 0.5) is 19.0 Å². The average Bonchev–Trinajstić information content (AvgIpc) is 3.32. The van der Waals surface area contributed by atoms with Crippen LogP contribution in [0.3, 0.4) is 0 Å². The van der Waals surface area contributed by atoms with Crippen LogP contribution in [0.2, 0.25) is 0 Å². The molecule has 10 heteroatoms. The molecule has 2 aliphatic rings. The molecule has 1 saturated heterocycles. The Bertz CT molecular complexity index is 1050. The number of carbonyl (C=O) groups excluding carboxylic acids is 1. The van der Waals surface area contributed by atoms with Gasteiger partial charge in [-0.25, -0.2) is 9.67 Å². The number of hydrogen-bond acceptors (Lipinski definition) is 5. The summed E-state index contributed by atoms with van der Waals surface area (Å²) in [7, 11) is 0. The molecule has 2 aromatic heterocycles. The van der Waals surface area contributed by atoms with Crippen LogP contribution in [-0.4, -0.2) is 52.1 Å². The van der Waals surface area contributed by atoms with Crippen molar-refractivity contribution in [2.45, 2.75) is 65.1 Å². The fraction of sp³-hybridized carbons (Fsp3) is 0.625. The molecule has 1 unspecified atom stereocenters. The van der Waals surface area contributed by atoms with Crippen LogP contribution in [0.5, 0.6) is 5.88 Å². The van der Waals surface area contributed by atoms with Gasteiger partial charge in [-0.05, 0) is 64.5 Å². The SMILES string of the molecule is CCNC(=O)c1ccc(-n2ccc(OCCC3(C(F)(F)F)CC3)n2)nc1N1CC(C)CC1(C)C. The summed E-state index contributed by atoms with van der Waals surface area (Å²) in [6, 6.07) is 5.05. The molecule has 0 radical (unpaired) electrons. The van der Waals surface area contributed by atoms with Crippen molar-refractivity contribution in [3.8, 4) is 11.7 Å². The maximum Gasteiger partial charge on any atom is 0.394 e. The fourth-order valence-corrected chi connectivity index (χ4v) is 4.85. The van der Waals surface area contributed by atoms with Crippen molar-refractivity contribution in [2.24, 2.45) is 11.3 Å². The number of nitrogens with one attached hydrogen (secondary N) is 1. The van der Waals surface area contributed by atoms with Gasteiger partial charge in [0.15, 0.2) is 5.82 Å². The molecule has 1 saturated carbocycles. The van der Waals surface area contributed by atoms with Crippen LogP contribution in [-0.2, 0) is 0 Å². The van der Waals surface area contributed by atoms with Crippen molar-refractivity contribution >= 4 is 11.7 Å². The molecule has 7 nitrogen and oxygen atoms in total. The van der Waals surface area contributed by atoms with Gasteiger partial charge in [0.05, 0.1) is 17.6 Å². The highest BCUT2D eigenvalue weighted by Gasteiger charge is 2.62. The first-order chi connectivity index (χ1) is 16.0. The number of rotatable bonds is 8. The van der Waals surface area contributed by atoms with Crippen molar-refractivity contribution in [2.75, 3.05) is 24.6 Å². The number of carbonyl (C=O) groups is 1. The summed E-state index contributed by atoms with van der Waals surface area (Å²) in [5, 5.41) is 7.19. The van der Waals surface area contributed by atoms with Gasteiger partial charge in [-0.15, -0.1) is 5.10 Å². The fourth-order valence-electron chi connectivity index (χ4n) is 4.85. The van der Waals surface area contributed by atoms with E-state index in [1.165, 1.54) is 4.68 Å². The maximum atomic E-state index is 13.1. The summed E-state index contributed by atoms with van der Waals surface area (Å²) in [6.07, 6.45) is -1.32. The van der Waals surface area contributed by atoms with E-state index in [-0.39, 0.29) is 43.2 Å². The Balaban J connectivity index is 1.54. The number of amides is 1. The molecular weight excluding hydrogens is 447 g/mol. The van der Waals surface area contributed by atoms with Crippen molar-refractivity contribution in [1.29, 1.82) is 0 Å². The van der Waals surface area contributed by atoms with Crippen molar-refractivity contribution < 1.29 is 22.7 Å². The van der Waals surface area contributed by atoms with Gasteiger partial charge >= 0.3 is 6.18 Å². The number of anilines is 1. The molecule has 3 heterocycles. The Hall–Kier alpha value is -2.78. The first-order valence-corrected chi connectivity index (χ1v) is 11.8. The lowest BCUT2D eigenvalue weighted by Gasteiger charge is -2.34. The van der Waals surface area contributed by atoms with Gasteiger partial charge in [-0.3, -0.25) is 4.79 Å². The number of ether oxygens (including phenoxy) is 1. The number of aromatic nitrogens is 3. The minimum Gasteiger partial charge on any atom is -0.477 e. The third-order valence-corrected chi connectivity index (χ3v) is 6.86. The third-order valence-electron chi connectivity index (χ3n) is 6.86. The summed E-state index contributed by atoms with van der Waals surface area (Å²) < 4.78 is 46.4. The van der Waals surface area contributed by atoms with Crippen molar-refractivity contribution in [3.05, 3.63) is 30.0 Å². The van der Waals surface area contributed by atoms with E-state index in [1.807, 2.05) is 6.92 Å². The van der Waals surface area contributed by atoms with Gasteiger partial charge in [-0.1, -0.05) is 6.92 Å². The smallest absolute Gasteiger partial charge is 0.394 e. The quantitative estimate of drug-likeness (QED) is 0.592. The van der Waals surface area contributed by atoms with E-state index >= 15 is 0 Å². The predicted octanol–water partition coefficient (Wildman–Crippen LogP) is 4.75. The highest BCUT2D eigenvalue weighted by Crippen LogP contribution is 2.59. The molecule has 1 aliphatic heterocycles. The van der Waals surface area contributed by atoms with Crippen LogP contribution in [0.1, 0.15) is 63.7 Å². The molecule has 4 rings (SSSR count). The molecule has 0 bridgehead atoms. The maximum absolute atomic E-state index is 13.1. The first kappa shape index (κ1) is 24.3. The number of pyridine rings is 1. The van der Waals surface area contributed by atoms with Gasteiger partial charge in [-0.2, -0.15) is 13.2 Å². The molecule has 2 aromatic rings. The summed E-state index contributed by atoms with van der Waals surface area (Å²) in [4.78, 5) is 19.7. The van der Waals surface area contributed by atoms with Gasteiger partial charge in [0.1, 0.15) is 5.82 Å². The lowest BCUT2D eigenvalue weighted by Crippen LogP contribution is -2.40. The summed E-state index contributed by atoms with van der Waals surface area (Å²) in [5.41, 5.74) is -1.26. The topological polar surface area (TPSA) is 72.3 Å². The van der Waals surface area contributed by atoms with E-state index in [0.717, 1.165) is 13.0 Å². The number of alkyl halides is 3. The number of hydrogen-bond donors (Lipinski definition) is 1. The van der Waals surface area contributed by atoms with Gasteiger partial charge < -0.3 is 15.0 Å². The zero-order valence-electron chi connectivity index (χ0n) is 20.1. The molecule has 0 spiro atoms. The minimum absolute atomic E-state index is 0.0504. The van der Waals surface area contributed by atoms with Crippen LogP contribution in [0, 0.1) is 11.3 Å². The predicted molar refractivity (Wildman–Crippen MR) is 122 cm³/mol.